The van der Waals surface area contributed by atoms with E-state index in [1.54, 1.807) is 30.3 Å². The Hall–Kier alpha value is -2.55. The maximum Gasteiger partial charge on any atom is 0.305 e. The normalized spacial score (nSPS) is 14.9. The number of amides is 1. The molecule has 31 heavy (non-hydrogen) atoms. The number of halogens is 1. The van der Waals surface area contributed by atoms with Gasteiger partial charge in [-0.1, -0.05) is 53.8 Å². The second kappa shape index (κ2) is 10.7. The molecule has 162 valence electrons. The summed E-state index contributed by atoms with van der Waals surface area (Å²) in [5.74, 6) is -0.125. The van der Waals surface area contributed by atoms with Crippen LogP contribution >= 0.6 is 35.6 Å². The fourth-order valence-corrected chi connectivity index (χ4v) is 4.23. The van der Waals surface area contributed by atoms with Gasteiger partial charge < -0.3 is 14.6 Å². The van der Waals surface area contributed by atoms with Gasteiger partial charge >= 0.3 is 5.97 Å². The van der Waals surface area contributed by atoms with Crippen LogP contribution in [0.1, 0.15) is 24.5 Å². The van der Waals surface area contributed by atoms with Crippen LogP contribution in [0, 0.1) is 0 Å². The molecule has 0 atom stereocenters. The molecule has 1 aliphatic rings. The Morgan fingerprint density at radius 2 is 1.94 bits per heavy atom. The van der Waals surface area contributed by atoms with Crippen LogP contribution in [0.3, 0.4) is 0 Å². The minimum atomic E-state index is -0.978. The van der Waals surface area contributed by atoms with Crippen LogP contribution in [0.15, 0.2) is 47.4 Å². The van der Waals surface area contributed by atoms with Crippen LogP contribution in [0.25, 0.3) is 6.08 Å². The molecule has 1 saturated heterocycles. The quantitative estimate of drug-likeness (QED) is 0.402. The molecule has 1 aliphatic heterocycles. The number of carbonyl (C=O) groups is 2. The second-order valence-electron chi connectivity index (χ2n) is 6.53. The zero-order chi connectivity index (χ0) is 22.4. The predicted molar refractivity (Wildman–Crippen MR) is 126 cm³/mol. The monoisotopic (exact) mass is 477 g/mol. The van der Waals surface area contributed by atoms with Gasteiger partial charge in [-0.15, -0.1) is 0 Å². The standard InChI is InChI=1S/C22H20ClNO5S2/c1-2-28-18-11-15(5-8-17(18)29-13-14-3-6-16(23)7-4-14)12-19-21(27)24(22(30)31-19)10-9-20(25)26/h3-8,11-12H,2,9-10,13H2,1H3,(H,25,26)/b19-12+. The van der Waals surface area contributed by atoms with Gasteiger partial charge in [0.2, 0.25) is 0 Å². The van der Waals surface area contributed by atoms with E-state index in [1.807, 2.05) is 25.1 Å². The van der Waals surface area contributed by atoms with Crippen LogP contribution in [-0.2, 0) is 16.2 Å². The van der Waals surface area contributed by atoms with Gasteiger partial charge in [0.25, 0.3) is 5.91 Å². The SMILES string of the molecule is CCOc1cc(/C=C2/SC(=S)N(CCC(=O)O)C2=O)ccc1OCc1ccc(Cl)cc1. The minimum absolute atomic E-state index is 0.0546. The van der Waals surface area contributed by atoms with Crippen molar-refractivity contribution >= 4 is 57.9 Å². The van der Waals surface area contributed by atoms with E-state index in [2.05, 4.69) is 0 Å². The molecule has 1 heterocycles. The lowest BCUT2D eigenvalue weighted by molar-refractivity contribution is -0.137. The van der Waals surface area contributed by atoms with E-state index in [4.69, 9.17) is 38.4 Å². The Morgan fingerprint density at radius 3 is 2.61 bits per heavy atom. The van der Waals surface area contributed by atoms with Crippen molar-refractivity contribution in [3.8, 4) is 11.5 Å². The topological polar surface area (TPSA) is 76.1 Å². The third-order valence-electron chi connectivity index (χ3n) is 4.30. The lowest BCUT2D eigenvalue weighted by atomic mass is 10.1. The molecule has 0 bridgehead atoms. The minimum Gasteiger partial charge on any atom is -0.490 e. The van der Waals surface area contributed by atoms with Crippen LogP contribution in [0.5, 0.6) is 11.5 Å². The number of carbonyl (C=O) groups excluding carboxylic acids is 1. The molecule has 1 N–H and O–H groups in total. The highest BCUT2D eigenvalue weighted by atomic mass is 35.5. The number of rotatable bonds is 9. The smallest absolute Gasteiger partial charge is 0.305 e. The van der Waals surface area contributed by atoms with Crippen molar-refractivity contribution in [2.75, 3.05) is 13.2 Å². The summed E-state index contributed by atoms with van der Waals surface area (Å²) in [6, 6.07) is 12.8. The fraction of sp³-hybridized carbons (Fsp3) is 0.227. The molecule has 2 aromatic rings. The lowest BCUT2D eigenvalue weighted by Crippen LogP contribution is -2.30. The number of thiocarbonyl (C=S) groups is 1. The van der Waals surface area contributed by atoms with Gasteiger partial charge in [0.05, 0.1) is 17.9 Å². The molecule has 0 radical (unpaired) electrons. The number of carboxylic acids is 1. The fourth-order valence-electron chi connectivity index (χ4n) is 2.80. The van der Waals surface area contributed by atoms with Crippen LogP contribution < -0.4 is 9.47 Å². The molecule has 0 unspecified atom stereocenters. The van der Waals surface area contributed by atoms with Gasteiger partial charge in [0.15, 0.2) is 11.5 Å². The summed E-state index contributed by atoms with van der Waals surface area (Å²) >= 11 is 12.3. The summed E-state index contributed by atoms with van der Waals surface area (Å²) in [4.78, 5) is 25.1. The van der Waals surface area contributed by atoms with Gasteiger partial charge in [-0.25, -0.2) is 0 Å². The third-order valence-corrected chi connectivity index (χ3v) is 5.93. The van der Waals surface area contributed by atoms with Gasteiger partial charge in [-0.3, -0.25) is 14.5 Å². The number of hydrogen-bond acceptors (Lipinski definition) is 6. The second-order valence-corrected chi connectivity index (χ2v) is 8.64. The van der Waals surface area contributed by atoms with Gasteiger partial charge in [0.1, 0.15) is 10.9 Å². The molecular formula is C22H20ClNO5S2. The maximum absolute atomic E-state index is 12.6. The first-order valence-corrected chi connectivity index (χ1v) is 11.1. The number of carboxylic acid groups (broad SMARTS) is 1. The zero-order valence-electron chi connectivity index (χ0n) is 16.7. The Kier molecular flexibility index (Phi) is 7.95. The largest absolute Gasteiger partial charge is 0.490 e. The summed E-state index contributed by atoms with van der Waals surface area (Å²) in [6.07, 6.45) is 1.55. The molecular weight excluding hydrogens is 458 g/mol. The highest BCUT2D eigenvalue weighted by molar-refractivity contribution is 8.26. The zero-order valence-corrected chi connectivity index (χ0v) is 19.1. The van der Waals surface area contributed by atoms with E-state index < -0.39 is 5.97 Å². The van der Waals surface area contributed by atoms with E-state index >= 15 is 0 Å². The predicted octanol–water partition coefficient (Wildman–Crippen LogP) is 4.99. The average molecular weight is 478 g/mol. The summed E-state index contributed by atoms with van der Waals surface area (Å²) in [6.45, 7) is 2.75. The Labute approximate surface area is 194 Å². The van der Waals surface area contributed by atoms with Crippen molar-refractivity contribution in [2.24, 2.45) is 0 Å². The van der Waals surface area contributed by atoms with Crippen LogP contribution in [0.4, 0.5) is 0 Å². The number of thioether (sulfide) groups is 1. The van der Waals surface area contributed by atoms with E-state index in [1.165, 1.54) is 4.90 Å². The number of ether oxygens (including phenoxy) is 2. The Bertz CT molecular complexity index is 1020. The van der Waals surface area contributed by atoms with Crippen molar-refractivity contribution in [1.82, 2.24) is 4.90 Å². The first-order valence-electron chi connectivity index (χ1n) is 9.48. The van der Waals surface area contributed by atoms with E-state index in [0.717, 1.165) is 22.9 Å². The summed E-state index contributed by atoms with van der Waals surface area (Å²) in [7, 11) is 0. The summed E-state index contributed by atoms with van der Waals surface area (Å²) in [5, 5.41) is 9.51. The molecule has 0 aromatic heterocycles. The van der Waals surface area contributed by atoms with Crippen LogP contribution in [-0.4, -0.2) is 39.4 Å². The highest BCUT2D eigenvalue weighted by Crippen LogP contribution is 2.35. The molecule has 9 heteroatoms. The van der Waals surface area contributed by atoms with Gasteiger partial charge in [-0.05, 0) is 48.4 Å². The number of nitrogens with zero attached hydrogens (tertiary/aromatic N) is 1. The molecule has 0 spiro atoms. The molecule has 3 rings (SSSR count). The van der Waals surface area contributed by atoms with Crippen molar-refractivity contribution in [3.05, 3.63) is 63.5 Å². The van der Waals surface area contributed by atoms with E-state index in [-0.39, 0.29) is 18.9 Å². The number of benzene rings is 2. The van der Waals surface area contributed by atoms with Crippen molar-refractivity contribution in [1.29, 1.82) is 0 Å². The number of hydrogen-bond donors (Lipinski definition) is 1. The van der Waals surface area contributed by atoms with Gasteiger partial charge in [0, 0.05) is 11.6 Å². The first kappa shape index (κ1) is 23.1. The highest BCUT2D eigenvalue weighted by Gasteiger charge is 2.32. The average Bonchev–Trinajstić information content (AvgIpc) is 3.00. The molecule has 6 nitrogen and oxygen atoms in total. The third kappa shape index (κ3) is 6.22. The summed E-state index contributed by atoms with van der Waals surface area (Å²) in [5.41, 5.74) is 1.72. The molecule has 0 aliphatic carbocycles. The molecule has 1 fully saturated rings. The van der Waals surface area contributed by atoms with Gasteiger partial charge in [-0.2, -0.15) is 0 Å². The number of aliphatic carboxylic acids is 1. The molecule has 0 saturated carbocycles. The van der Waals surface area contributed by atoms with Crippen molar-refractivity contribution in [3.63, 3.8) is 0 Å². The maximum atomic E-state index is 12.6. The first-order chi connectivity index (χ1) is 14.9. The lowest BCUT2D eigenvalue weighted by Gasteiger charge is -2.13. The van der Waals surface area contributed by atoms with E-state index in [9.17, 15) is 9.59 Å². The van der Waals surface area contributed by atoms with Crippen molar-refractivity contribution < 1.29 is 24.2 Å². The van der Waals surface area contributed by atoms with Crippen molar-refractivity contribution in [2.45, 2.75) is 20.0 Å². The molecule has 2 aromatic carbocycles. The Balaban J connectivity index is 1.75. The molecule has 1 amide bonds. The van der Waals surface area contributed by atoms with E-state index in [0.29, 0.717) is 39.0 Å². The van der Waals surface area contributed by atoms with Crippen LogP contribution in [0.2, 0.25) is 5.02 Å². The Morgan fingerprint density at radius 1 is 1.19 bits per heavy atom. The summed E-state index contributed by atoms with van der Waals surface area (Å²) < 4.78 is 12.0.